The fourth-order valence-corrected chi connectivity index (χ4v) is 4.24. The quantitative estimate of drug-likeness (QED) is 0.861. The fourth-order valence-electron chi connectivity index (χ4n) is 2.82. The Morgan fingerprint density at radius 2 is 2.00 bits per heavy atom. The molecule has 0 aliphatic carbocycles. The number of likely N-dealkylation sites (tertiary alicyclic amines) is 1. The summed E-state index contributed by atoms with van der Waals surface area (Å²) in [5, 5.41) is 5.22. The van der Waals surface area contributed by atoms with E-state index in [9.17, 15) is 13.2 Å². The van der Waals surface area contributed by atoms with Gasteiger partial charge in [-0.05, 0) is 43.9 Å². The van der Waals surface area contributed by atoms with Crippen molar-refractivity contribution >= 4 is 31.9 Å². The van der Waals surface area contributed by atoms with Crippen LogP contribution in [0.3, 0.4) is 0 Å². The summed E-state index contributed by atoms with van der Waals surface area (Å²) >= 11 is 3.30. The predicted molar refractivity (Wildman–Crippen MR) is 84.5 cm³/mol. The van der Waals surface area contributed by atoms with Crippen LogP contribution in [0.1, 0.15) is 36.2 Å². The van der Waals surface area contributed by atoms with Gasteiger partial charge in [0.1, 0.15) is 0 Å². The Morgan fingerprint density at radius 3 is 2.48 bits per heavy atom. The number of carbonyl (C=O) groups is 1. The van der Waals surface area contributed by atoms with Crippen molar-refractivity contribution in [3.8, 4) is 0 Å². The molecule has 2 unspecified atom stereocenters. The normalized spacial score (nSPS) is 22.6. The molecule has 0 spiro atoms. The number of halogens is 1. The van der Waals surface area contributed by atoms with Gasteiger partial charge in [-0.1, -0.05) is 22.9 Å². The monoisotopic (exact) mass is 374 g/mol. The van der Waals surface area contributed by atoms with Crippen LogP contribution in [0, 0.1) is 12.8 Å². The lowest BCUT2D eigenvalue weighted by molar-refractivity contribution is 0.0743. The van der Waals surface area contributed by atoms with Crippen LogP contribution in [-0.2, 0) is 10.0 Å². The summed E-state index contributed by atoms with van der Waals surface area (Å²) in [7, 11) is -3.86. The molecule has 1 fully saturated rings. The standard InChI is InChI=1S/C14H19BrN2O3S/c1-8-4-9(2)17(7-8)14(18)11-5-12(15)10(3)13(6-11)21(16,19)20/h5-6,8-9H,4,7H2,1-3H3,(H2,16,19,20). The molecule has 21 heavy (non-hydrogen) atoms. The van der Waals surface area contributed by atoms with Gasteiger partial charge in [-0.3, -0.25) is 4.79 Å². The maximum atomic E-state index is 12.6. The Balaban J connectivity index is 2.46. The summed E-state index contributed by atoms with van der Waals surface area (Å²) in [6.07, 6.45) is 0.959. The number of hydrogen-bond donors (Lipinski definition) is 1. The SMILES string of the molecule is Cc1c(Br)cc(C(=O)N2CC(C)CC2C)cc1S(N)(=O)=O. The van der Waals surface area contributed by atoms with Gasteiger partial charge in [0.15, 0.2) is 0 Å². The van der Waals surface area contributed by atoms with Crippen LogP contribution in [0.2, 0.25) is 0 Å². The van der Waals surface area contributed by atoms with Crippen LogP contribution in [0.15, 0.2) is 21.5 Å². The third-order valence-corrected chi connectivity index (χ3v) is 5.76. The number of nitrogens with zero attached hydrogens (tertiary/aromatic N) is 1. The van der Waals surface area contributed by atoms with Crippen LogP contribution >= 0.6 is 15.9 Å². The zero-order valence-corrected chi connectivity index (χ0v) is 14.7. The molecule has 0 radical (unpaired) electrons. The lowest BCUT2D eigenvalue weighted by Crippen LogP contribution is -2.34. The maximum absolute atomic E-state index is 12.6. The molecule has 1 aromatic rings. The van der Waals surface area contributed by atoms with Gasteiger partial charge < -0.3 is 4.90 Å². The van der Waals surface area contributed by atoms with Crippen molar-refractivity contribution in [1.82, 2.24) is 4.90 Å². The molecule has 1 saturated heterocycles. The van der Waals surface area contributed by atoms with Gasteiger partial charge in [0.25, 0.3) is 5.91 Å². The predicted octanol–water partition coefficient (Wildman–Crippen LogP) is 2.28. The molecule has 1 amide bonds. The van der Waals surface area contributed by atoms with Crippen LogP contribution in [0.5, 0.6) is 0 Å². The smallest absolute Gasteiger partial charge is 0.254 e. The molecule has 2 N–H and O–H groups in total. The number of hydrogen-bond acceptors (Lipinski definition) is 3. The van der Waals surface area contributed by atoms with Crippen molar-refractivity contribution in [3.63, 3.8) is 0 Å². The molecular weight excluding hydrogens is 356 g/mol. The number of sulfonamides is 1. The number of nitrogens with two attached hydrogens (primary N) is 1. The molecule has 1 aliphatic rings. The van der Waals surface area contributed by atoms with Crippen molar-refractivity contribution in [2.75, 3.05) is 6.54 Å². The third-order valence-electron chi connectivity index (χ3n) is 3.89. The van der Waals surface area contributed by atoms with E-state index < -0.39 is 10.0 Å². The van der Waals surface area contributed by atoms with Gasteiger partial charge in [-0.15, -0.1) is 0 Å². The number of amides is 1. The lowest BCUT2D eigenvalue weighted by atomic mass is 10.1. The van der Waals surface area contributed by atoms with Crippen molar-refractivity contribution in [2.24, 2.45) is 11.1 Å². The van der Waals surface area contributed by atoms with Crippen LogP contribution < -0.4 is 5.14 Å². The minimum absolute atomic E-state index is 0.0138. The second kappa shape index (κ2) is 5.70. The van der Waals surface area contributed by atoms with Gasteiger partial charge in [-0.2, -0.15) is 0 Å². The molecular formula is C14H19BrN2O3S. The highest BCUT2D eigenvalue weighted by atomic mass is 79.9. The Morgan fingerprint density at radius 1 is 1.38 bits per heavy atom. The van der Waals surface area contributed by atoms with E-state index in [1.807, 2.05) is 6.92 Å². The van der Waals surface area contributed by atoms with E-state index in [-0.39, 0.29) is 16.8 Å². The molecule has 2 rings (SSSR count). The zero-order chi connectivity index (χ0) is 15.9. The first kappa shape index (κ1) is 16.5. The summed E-state index contributed by atoms with van der Waals surface area (Å²) in [6.45, 7) is 6.45. The Bertz CT molecular complexity index is 688. The molecule has 7 heteroatoms. The van der Waals surface area contributed by atoms with Gasteiger partial charge in [-0.25, -0.2) is 13.6 Å². The molecule has 0 bridgehead atoms. The zero-order valence-electron chi connectivity index (χ0n) is 12.3. The Kier molecular flexibility index (Phi) is 4.46. The lowest BCUT2D eigenvalue weighted by Gasteiger charge is -2.22. The van der Waals surface area contributed by atoms with Crippen LogP contribution in [0.25, 0.3) is 0 Å². The minimum Gasteiger partial charge on any atom is -0.336 e. The number of carbonyl (C=O) groups excluding carboxylic acids is 1. The Labute approximate surface area is 133 Å². The second-order valence-corrected chi connectivity index (χ2v) is 8.16. The number of benzene rings is 1. The highest BCUT2D eigenvalue weighted by Crippen LogP contribution is 2.29. The molecule has 0 saturated carbocycles. The second-order valence-electron chi connectivity index (χ2n) is 5.77. The largest absolute Gasteiger partial charge is 0.336 e. The van der Waals surface area contributed by atoms with E-state index in [0.29, 0.717) is 28.1 Å². The van der Waals surface area contributed by atoms with E-state index in [0.717, 1.165) is 6.42 Å². The van der Waals surface area contributed by atoms with E-state index in [2.05, 4.69) is 22.9 Å². The first-order valence-corrected chi connectivity index (χ1v) is 9.09. The maximum Gasteiger partial charge on any atom is 0.254 e. The summed E-state index contributed by atoms with van der Waals surface area (Å²) in [4.78, 5) is 14.4. The molecule has 116 valence electrons. The Hall–Kier alpha value is -0.920. The topological polar surface area (TPSA) is 80.5 Å². The van der Waals surface area contributed by atoms with Gasteiger partial charge in [0.05, 0.1) is 4.90 Å². The summed E-state index contributed by atoms with van der Waals surface area (Å²) in [6, 6.07) is 3.18. The summed E-state index contributed by atoms with van der Waals surface area (Å²) < 4.78 is 23.9. The molecule has 0 aromatic heterocycles. The van der Waals surface area contributed by atoms with Gasteiger partial charge in [0.2, 0.25) is 10.0 Å². The van der Waals surface area contributed by atoms with Crippen LogP contribution in [0.4, 0.5) is 0 Å². The van der Waals surface area contributed by atoms with Crippen molar-refractivity contribution < 1.29 is 13.2 Å². The molecule has 1 aromatic carbocycles. The van der Waals surface area contributed by atoms with Crippen LogP contribution in [-0.4, -0.2) is 31.8 Å². The molecule has 2 atom stereocenters. The minimum atomic E-state index is -3.86. The van der Waals surface area contributed by atoms with E-state index >= 15 is 0 Å². The molecule has 5 nitrogen and oxygen atoms in total. The molecule has 1 heterocycles. The average Bonchev–Trinajstić information content (AvgIpc) is 2.69. The van der Waals surface area contributed by atoms with Gasteiger partial charge >= 0.3 is 0 Å². The number of primary sulfonamides is 1. The fraction of sp³-hybridized carbons (Fsp3) is 0.500. The van der Waals surface area contributed by atoms with Crippen molar-refractivity contribution in [1.29, 1.82) is 0 Å². The van der Waals surface area contributed by atoms with E-state index in [1.165, 1.54) is 6.07 Å². The first-order chi connectivity index (χ1) is 9.61. The summed E-state index contributed by atoms with van der Waals surface area (Å²) in [5.41, 5.74) is 0.856. The average molecular weight is 375 g/mol. The van der Waals surface area contributed by atoms with Crippen molar-refractivity contribution in [2.45, 2.75) is 38.1 Å². The van der Waals surface area contributed by atoms with E-state index in [1.54, 1.807) is 17.9 Å². The summed E-state index contributed by atoms with van der Waals surface area (Å²) in [5.74, 6) is 0.299. The van der Waals surface area contributed by atoms with E-state index in [4.69, 9.17) is 5.14 Å². The van der Waals surface area contributed by atoms with Gasteiger partial charge in [0, 0.05) is 22.6 Å². The molecule has 1 aliphatic heterocycles. The third kappa shape index (κ3) is 3.30. The highest BCUT2D eigenvalue weighted by Gasteiger charge is 2.31. The highest BCUT2D eigenvalue weighted by molar-refractivity contribution is 9.10. The first-order valence-electron chi connectivity index (χ1n) is 6.75. The number of rotatable bonds is 2. The van der Waals surface area contributed by atoms with Crippen molar-refractivity contribution in [3.05, 3.63) is 27.7 Å².